The molecule has 0 aromatic carbocycles. The van der Waals surface area contributed by atoms with E-state index in [4.69, 9.17) is 19.0 Å². The maximum Gasteiger partial charge on any atom is 0.107 e. The van der Waals surface area contributed by atoms with Crippen molar-refractivity contribution in [3.05, 3.63) is 11.5 Å². The second-order valence-corrected chi connectivity index (χ2v) is 1.62. The van der Waals surface area contributed by atoms with Gasteiger partial charge in [0.05, 0.1) is 0 Å². The summed E-state index contributed by atoms with van der Waals surface area (Å²) in [5, 5.41) is 6.99. The zero-order valence-electron chi connectivity index (χ0n) is 4.94. The first-order valence-corrected chi connectivity index (χ1v) is 2.38. The summed E-state index contributed by atoms with van der Waals surface area (Å²) in [4.78, 5) is 0. The molecule has 0 aromatic rings. The van der Waals surface area contributed by atoms with Gasteiger partial charge in [0.15, 0.2) is 0 Å². The van der Waals surface area contributed by atoms with Crippen molar-refractivity contribution in [3.8, 4) is 0 Å². The zero-order valence-corrected chi connectivity index (χ0v) is 4.94. The van der Waals surface area contributed by atoms with Gasteiger partial charge in [-0.15, -0.1) is 5.47 Å². The van der Waals surface area contributed by atoms with Crippen LogP contribution >= 0.6 is 0 Å². The SMILES string of the molecule is [B]/C(C)=C\C(=N)CN. The van der Waals surface area contributed by atoms with Crippen molar-refractivity contribution in [2.45, 2.75) is 6.92 Å². The van der Waals surface area contributed by atoms with Crippen molar-refractivity contribution >= 4 is 13.6 Å². The second-order valence-electron chi connectivity index (χ2n) is 1.62. The molecule has 0 amide bonds. The van der Waals surface area contributed by atoms with Gasteiger partial charge in [0, 0.05) is 12.3 Å². The standard InChI is InChI=1S/C5H9BN2/c1-4(6)2-5(8)3-7/h2,8H,3,7H2,1H3/b4-2-,8-5?. The summed E-state index contributed by atoms with van der Waals surface area (Å²) in [7, 11) is 5.23. The number of nitrogens with two attached hydrogens (primary N) is 1. The molecule has 0 bridgehead atoms. The number of rotatable bonds is 2. The van der Waals surface area contributed by atoms with Gasteiger partial charge in [-0.25, -0.2) is 0 Å². The summed E-state index contributed by atoms with van der Waals surface area (Å²) in [6.45, 7) is 1.98. The van der Waals surface area contributed by atoms with E-state index < -0.39 is 0 Å². The Bertz CT molecular complexity index is 114. The van der Waals surface area contributed by atoms with E-state index in [0.717, 1.165) is 0 Å². The summed E-state index contributed by atoms with van der Waals surface area (Å²) >= 11 is 0. The van der Waals surface area contributed by atoms with E-state index in [0.29, 0.717) is 11.2 Å². The summed E-state index contributed by atoms with van der Waals surface area (Å²) < 4.78 is 0. The van der Waals surface area contributed by atoms with Gasteiger partial charge in [-0.2, -0.15) is 0 Å². The quantitative estimate of drug-likeness (QED) is 0.380. The first kappa shape index (κ1) is 7.43. The molecule has 0 fully saturated rings. The molecule has 0 saturated carbocycles. The van der Waals surface area contributed by atoms with Gasteiger partial charge in [-0.1, -0.05) is 13.0 Å². The van der Waals surface area contributed by atoms with Crippen LogP contribution in [0.3, 0.4) is 0 Å². The molecule has 0 unspecified atom stereocenters. The van der Waals surface area contributed by atoms with Gasteiger partial charge in [0.25, 0.3) is 0 Å². The van der Waals surface area contributed by atoms with Crippen molar-refractivity contribution in [2.24, 2.45) is 5.73 Å². The molecule has 0 heterocycles. The highest BCUT2D eigenvalue weighted by Gasteiger charge is 1.83. The van der Waals surface area contributed by atoms with Crippen LogP contribution in [0.15, 0.2) is 11.5 Å². The highest BCUT2D eigenvalue weighted by atomic mass is 14.6. The lowest BCUT2D eigenvalue weighted by Crippen LogP contribution is -2.09. The third-order valence-corrected chi connectivity index (χ3v) is 0.622. The second kappa shape index (κ2) is 3.44. The Kier molecular flexibility index (Phi) is 3.20. The molecule has 0 aliphatic carbocycles. The molecule has 3 N–H and O–H groups in total. The largest absolute Gasteiger partial charge is 0.325 e. The van der Waals surface area contributed by atoms with Crippen molar-refractivity contribution in [2.75, 3.05) is 6.54 Å². The summed E-state index contributed by atoms with van der Waals surface area (Å²) in [5.74, 6) is 0. The van der Waals surface area contributed by atoms with Crippen molar-refractivity contribution in [3.63, 3.8) is 0 Å². The normalized spacial score (nSPS) is 11.5. The number of allylic oxidation sites excluding steroid dienone is 1. The Labute approximate surface area is 50.7 Å². The highest BCUT2D eigenvalue weighted by molar-refractivity contribution is 6.23. The fourth-order valence-electron chi connectivity index (χ4n) is 0.334. The minimum Gasteiger partial charge on any atom is -0.325 e. The molecule has 0 saturated heterocycles. The molecular formula is C5H9BN2. The first-order chi connectivity index (χ1) is 3.66. The predicted octanol–water partition coefficient (Wildman–Crippen LogP) is 0.0372. The van der Waals surface area contributed by atoms with E-state index >= 15 is 0 Å². The highest BCUT2D eigenvalue weighted by Crippen LogP contribution is 1.82. The fraction of sp³-hybridized carbons (Fsp3) is 0.400. The van der Waals surface area contributed by atoms with Crippen LogP contribution in [-0.4, -0.2) is 20.1 Å². The predicted molar refractivity (Wildman–Crippen MR) is 36.3 cm³/mol. The van der Waals surface area contributed by atoms with Crippen molar-refractivity contribution < 1.29 is 0 Å². The molecule has 42 valence electrons. The van der Waals surface area contributed by atoms with Gasteiger partial charge in [0.2, 0.25) is 0 Å². The van der Waals surface area contributed by atoms with Crippen LogP contribution in [0.2, 0.25) is 0 Å². The van der Waals surface area contributed by atoms with E-state index in [1.165, 1.54) is 0 Å². The Balaban J connectivity index is 3.70. The minimum atomic E-state index is 0.258. The molecule has 0 aromatic heterocycles. The van der Waals surface area contributed by atoms with Gasteiger partial charge in [-0.3, -0.25) is 0 Å². The third kappa shape index (κ3) is 3.62. The van der Waals surface area contributed by atoms with Crippen LogP contribution in [-0.2, 0) is 0 Å². The van der Waals surface area contributed by atoms with Gasteiger partial charge in [0.1, 0.15) is 7.85 Å². The number of hydrogen-bond donors (Lipinski definition) is 2. The molecule has 0 spiro atoms. The molecule has 2 radical (unpaired) electrons. The van der Waals surface area contributed by atoms with Gasteiger partial charge >= 0.3 is 0 Å². The van der Waals surface area contributed by atoms with Gasteiger partial charge in [-0.05, 0) is 0 Å². The number of hydrogen-bond acceptors (Lipinski definition) is 2. The first-order valence-electron chi connectivity index (χ1n) is 2.38. The number of nitrogens with one attached hydrogen (secondary N) is 1. The van der Waals surface area contributed by atoms with Crippen LogP contribution in [0, 0.1) is 5.41 Å². The van der Waals surface area contributed by atoms with E-state index in [9.17, 15) is 0 Å². The molecule has 2 nitrogen and oxygen atoms in total. The smallest absolute Gasteiger partial charge is 0.107 e. The van der Waals surface area contributed by atoms with E-state index in [1.54, 1.807) is 13.0 Å². The van der Waals surface area contributed by atoms with E-state index in [-0.39, 0.29) is 6.54 Å². The Morgan fingerprint density at radius 1 is 1.88 bits per heavy atom. The maximum absolute atomic E-state index is 6.99. The summed E-state index contributed by atoms with van der Waals surface area (Å²) in [5.41, 5.74) is 6.09. The molecule has 0 atom stereocenters. The third-order valence-electron chi connectivity index (χ3n) is 0.622. The molecular weight excluding hydrogens is 98.9 g/mol. The van der Waals surface area contributed by atoms with Crippen molar-refractivity contribution in [1.82, 2.24) is 0 Å². The van der Waals surface area contributed by atoms with Gasteiger partial charge < -0.3 is 11.1 Å². The summed E-state index contributed by atoms with van der Waals surface area (Å²) in [6, 6.07) is 0. The molecule has 0 aliphatic rings. The molecule has 0 aliphatic heterocycles. The summed E-state index contributed by atoms with van der Waals surface area (Å²) in [6.07, 6.45) is 1.54. The lowest BCUT2D eigenvalue weighted by Gasteiger charge is -1.90. The lowest BCUT2D eigenvalue weighted by molar-refractivity contribution is 1.28. The Hall–Kier alpha value is -0.565. The molecule has 0 rings (SSSR count). The van der Waals surface area contributed by atoms with Crippen LogP contribution < -0.4 is 5.73 Å². The topological polar surface area (TPSA) is 49.9 Å². The molecule has 3 heteroatoms. The minimum absolute atomic E-state index is 0.258. The maximum atomic E-state index is 6.99. The van der Waals surface area contributed by atoms with Crippen LogP contribution in [0.5, 0.6) is 0 Å². The molecule has 8 heavy (non-hydrogen) atoms. The zero-order chi connectivity index (χ0) is 6.57. The monoisotopic (exact) mass is 108 g/mol. The van der Waals surface area contributed by atoms with Crippen molar-refractivity contribution in [1.29, 1.82) is 5.41 Å². The van der Waals surface area contributed by atoms with E-state index in [2.05, 4.69) is 0 Å². The lowest BCUT2D eigenvalue weighted by atomic mass is 9.96. The van der Waals surface area contributed by atoms with E-state index in [1.807, 2.05) is 0 Å². The van der Waals surface area contributed by atoms with Crippen LogP contribution in [0.4, 0.5) is 0 Å². The fourth-order valence-corrected chi connectivity index (χ4v) is 0.334. The average Bonchev–Trinajstić information content (AvgIpc) is 1.65. The Morgan fingerprint density at radius 2 is 2.38 bits per heavy atom. The van der Waals surface area contributed by atoms with Crippen LogP contribution in [0.1, 0.15) is 6.92 Å². The average molecular weight is 108 g/mol. The Morgan fingerprint density at radius 3 is 2.50 bits per heavy atom. The van der Waals surface area contributed by atoms with Crippen LogP contribution in [0.25, 0.3) is 0 Å².